The Kier molecular flexibility index (Phi) is 11.2. The van der Waals surface area contributed by atoms with Crippen molar-refractivity contribution in [3.05, 3.63) is 129 Å². The molecule has 1 atom stereocenters. The van der Waals surface area contributed by atoms with Crippen molar-refractivity contribution < 1.29 is 18.0 Å². The number of sulfonamides is 1. The van der Waals surface area contributed by atoms with Crippen LogP contribution < -0.4 is 9.62 Å². The summed E-state index contributed by atoms with van der Waals surface area (Å²) in [4.78, 5) is 30.0. The van der Waals surface area contributed by atoms with Crippen LogP contribution in [0.25, 0.3) is 0 Å². The topological polar surface area (TPSA) is 86.8 Å². The zero-order chi connectivity index (χ0) is 33.6. The molecule has 4 aromatic rings. The number of nitrogens with one attached hydrogen (secondary N) is 1. The predicted molar refractivity (Wildman–Crippen MR) is 186 cm³/mol. The third kappa shape index (κ3) is 9.12. The number of amides is 2. The van der Waals surface area contributed by atoms with Gasteiger partial charge in [0.1, 0.15) is 12.6 Å². The van der Waals surface area contributed by atoms with Crippen molar-refractivity contribution in [1.82, 2.24) is 10.2 Å². The molecular formula is C36H39Cl2N3O4S. The van der Waals surface area contributed by atoms with Crippen molar-refractivity contribution in [2.45, 2.75) is 64.1 Å². The fourth-order valence-electron chi connectivity index (χ4n) is 4.92. The number of nitrogens with zero attached hydrogens (tertiary/aromatic N) is 2. The first-order chi connectivity index (χ1) is 21.6. The van der Waals surface area contributed by atoms with Crippen LogP contribution in [0.4, 0.5) is 5.69 Å². The number of anilines is 1. The molecule has 0 saturated heterocycles. The summed E-state index contributed by atoms with van der Waals surface area (Å²) in [6.45, 7) is 8.79. The summed E-state index contributed by atoms with van der Waals surface area (Å²) >= 11 is 12.5. The molecule has 0 spiro atoms. The molecule has 0 aromatic heterocycles. The van der Waals surface area contributed by atoms with Gasteiger partial charge in [0.25, 0.3) is 10.0 Å². The molecule has 0 aliphatic carbocycles. The molecule has 46 heavy (non-hydrogen) atoms. The van der Waals surface area contributed by atoms with Gasteiger partial charge in [-0.3, -0.25) is 13.9 Å². The lowest BCUT2D eigenvalue weighted by Gasteiger charge is -2.35. The van der Waals surface area contributed by atoms with Crippen molar-refractivity contribution in [1.29, 1.82) is 0 Å². The van der Waals surface area contributed by atoms with Crippen LogP contribution in [-0.2, 0) is 32.6 Å². The Hall–Kier alpha value is -3.85. The van der Waals surface area contributed by atoms with Crippen LogP contribution in [0.3, 0.4) is 0 Å². The van der Waals surface area contributed by atoms with E-state index in [0.717, 1.165) is 21.0 Å². The standard InChI is InChI=1S/C36H39Cl2N3O4S/c1-25-11-16-29(17-12-25)41(46(44,45)30-18-13-26(2)14-19-30)24-34(42)40(23-28-15-20-31(37)32(38)21-28)33(35(43)39-36(3,4)5)22-27-9-7-6-8-10-27/h6-21,33H,22-24H2,1-5H3,(H,39,43). The predicted octanol–water partition coefficient (Wildman–Crippen LogP) is 7.36. The largest absolute Gasteiger partial charge is 0.350 e. The van der Waals surface area contributed by atoms with Crippen LogP contribution in [0.1, 0.15) is 43.0 Å². The molecule has 4 aromatic carbocycles. The summed E-state index contributed by atoms with van der Waals surface area (Å²) in [5.41, 5.74) is 3.04. The number of hydrogen-bond acceptors (Lipinski definition) is 4. The van der Waals surface area contributed by atoms with Gasteiger partial charge in [-0.1, -0.05) is 95.0 Å². The molecule has 10 heteroatoms. The van der Waals surface area contributed by atoms with Crippen LogP contribution in [0.15, 0.2) is 102 Å². The normalized spacial score (nSPS) is 12.3. The van der Waals surface area contributed by atoms with Crippen LogP contribution in [-0.4, -0.2) is 43.3 Å². The lowest BCUT2D eigenvalue weighted by molar-refractivity contribution is -0.140. The van der Waals surface area contributed by atoms with E-state index in [1.807, 2.05) is 65.0 Å². The summed E-state index contributed by atoms with van der Waals surface area (Å²) in [7, 11) is -4.18. The lowest BCUT2D eigenvalue weighted by atomic mass is 10.0. The first kappa shape index (κ1) is 35.0. The number of halogens is 2. The molecule has 4 rings (SSSR count). The van der Waals surface area contributed by atoms with Gasteiger partial charge < -0.3 is 10.2 Å². The maximum Gasteiger partial charge on any atom is 0.264 e. The quantitative estimate of drug-likeness (QED) is 0.179. The van der Waals surface area contributed by atoms with Gasteiger partial charge in [0.15, 0.2) is 0 Å². The van der Waals surface area contributed by atoms with Crippen molar-refractivity contribution in [2.24, 2.45) is 0 Å². The fourth-order valence-corrected chi connectivity index (χ4v) is 6.65. The van der Waals surface area contributed by atoms with E-state index in [0.29, 0.717) is 21.3 Å². The molecule has 0 saturated carbocycles. The van der Waals surface area contributed by atoms with Crippen LogP contribution in [0.5, 0.6) is 0 Å². The van der Waals surface area contributed by atoms with E-state index in [4.69, 9.17) is 23.2 Å². The average Bonchev–Trinajstić information content (AvgIpc) is 2.99. The molecule has 2 amide bonds. The smallest absolute Gasteiger partial charge is 0.264 e. The monoisotopic (exact) mass is 679 g/mol. The maximum atomic E-state index is 14.6. The molecular weight excluding hydrogens is 641 g/mol. The fraction of sp³-hybridized carbons (Fsp3) is 0.278. The van der Waals surface area contributed by atoms with Gasteiger partial charge in [0.05, 0.1) is 20.6 Å². The summed E-state index contributed by atoms with van der Waals surface area (Å²) in [6, 6.07) is 26.8. The minimum absolute atomic E-state index is 0.0168. The average molecular weight is 681 g/mol. The summed E-state index contributed by atoms with van der Waals surface area (Å²) < 4.78 is 29.4. The lowest BCUT2D eigenvalue weighted by Crippen LogP contribution is -2.56. The molecule has 0 aliphatic rings. The number of carbonyl (C=O) groups is 2. The second-order valence-electron chi connectivity index (χ2n) is 12.4. The third-order valence-electron chi connectivity index (χ3n) is 7.32. The molecule has 0 fully saturated rings. The van der Waals surface area contributed by atoms with E-state index in [2.05, 4.69) is 5.32 Å². The Labute approximate surface area is 282 Å². The Morgan fingerprint density at radius 2 is 1.37 bits per heavy atom. The van der Waals surface area contributed by atoms with E-state index < -0.39 is 34.1 Å². The SMILES string of the molecule is Cc1ccc(N(CC(=O)N(Cc2ccc(Cl)c(Cl)c2)C(Cc2ccccc2)C(=O)NC(C)(C)C)S(=O)(=O)c2ccc(C)cc2)cc1. The van der Waals surface area contributed by atoms with Crippen molar-refractivity contribution in [3.63, 3.8) is 0 Å². The highest BCUT2D eigenvalue weighted by Gasteiger charge is 2.35. The second-order valence-corrected chi connectivity index (χ2v) is 15.1. The molecule has 1 N–H and O–H groups in total. The zero-order valence-electron chi connectivity index (χ0n) is 26.6. The highest BCUT2D eigenvalue weighted by atomic mass is 35.5. The van der Waals surface area contributed by atoms with Gasteiger partial charge >= 0.3 is 0 Å². The number of carbonyl (C=O) groups excluding carboxylic acids is 2. The Morgan fingerprint density at radius 1 is 0.783 bits per heavy atom. The molecule has 0 heterocycles. The zero-order valence-corrected chi connectivity index (χ0v) is 29.0. The van der Waals surface area contributed by atoms with Crippen molar-refractivity contribution in [3.8, 4) is 0 Å². The first-order valence-electron chi connectivity index (χ1n) is 14.9. The summed E-state index contributed by atoms with van der Waals surface area (Å²) in [6.07, 6.45) is 0.199. The minimum atomic E-state index is -4.18. The Morgan fingerprint density at radius 3 is 1.93 bits per heavy atom. The molecule has 0 aliphatic heterocycles. The van der Waals surface area contributed by atoms with Crippen molar-refractivity contribution in [2.75, 3.05) is 10.8 Å². The number of aryl methyl sites for hydroxylation is 2. The molecule has 242 valence electrons. The number of benzene rings is 4. The van der Waals surface area contributed by atoms with E-state index >= 15 is 0 Å². The molecule has 0 radical (unpaired) electrons. The van der Waals surface area contributed by atoms with Gasteiger partial charge in [-0.05, 0) is 82.1 Å². The number of rotatable bonds is 11. The van der Waals surface area contributed by atoms with Crippen molar-refractivity contribution >= 4 is 50.7 Å². The molecule has 1 unspecified atom stereocenters. The summed E-state index contributed by atoms with van der Waals surface area (Å²) in [5.74, 6) is -0.930. The third-order valence-corrected chi connectivity index (χ3v) is 9.84. The van der Waals surface area contributed by atoms with Gasteiger partial charge in [-0.15, -0.1) is 0 Å². The van der Waals surface area contributed by atoms with E-state index in [-0.39, 0.29) is 23.8 Å². The van der Waals surface area contributed by atoms with Crippen LogP contribution in [0, 0.1) is 13.8 Å². The number of hydrogen-bond donors (Lipinski definition) is 1. The minimum Gasteiger partial charge on any atom is -0.350 e. The highest BCUT2D eigenvalue weighted by molar-refractivity contribution is 7.92. The summed E-state index contributed by atoms with van der Waals surface area (Å²) in [5, 5.41) is 3.67. The Bertz CT molecular complexity index is 1770. The van der Waals surface area contributed by atoms with Gasteiger partial charge in [0.2, 0.25) is 11.8 Å². The van der Waals surface area contributed by atoms with Crippen LogP contribution in [0.2, 0.25) is 10.0 Å². The van der Waals surface area contributed by atoms with Crippen LogP contribution >= 0.6 is 23.2 Å². The first-order valence-corrected chi connectivity index (χ1v) is 17.1. The van der Waals surface area contributed by atoms with Gasteiger partial charge in [-0.25, -0.2) is 8.42 Å². The van der Waals surface area contributed by atoms with E-state index in [1.54, 1.807) is 54.6 Å². The second kappa shape index (κ2) is 14.7. The van der Waals surface area contributed by atoms with E-state index in [9.17, 15) is 18.0 Å². The molecule has 0 bridgehead atoms. The Balaban J connectivity index is 1.83. The highest BCUT2D eigenvalue weighted by Crippen LogP contribution is 2.27. The molecule has 7 nitrogen and oxygen atoms in total. The van der Waals surface area contributed by atoms with Gasteiger partial charge in [-0.2, -0.15) is 0 Å². The van der Waals surface area contributed by atoms with Gasteiger partial charge in [0, 0.05) is 18.5 Å². The van der Waals surface area contributed by atoms with E-state index in [1.165, 1.54) is 17.0 Å². The maximum absolute atomic E-state index is 14.6.